The Balaban J connectivity index is 3.00. The summed E-state index contributed by atoms with van der Waals surface area (Å²) in [6.45, 7) is -0.189. The minimum atomic E-state index is -0.878. The predicted molar refractivity (Wildman–Crippen MR) is 72.1 cm³/mol. The summed E-state index contributed by atoms with van der Waals surface area (Å²) in [5.41, 5.74) is 15.4. The average molecular weight is 302 g/mol. The van der Waals surface area contributed by atoms with Crippen LogP contribution in [0.5, 0.6) is 0 Å². The summed E-state index contributed by atoms with van der Waals surface area (Å²) < 4.78 is 4.42. The van der Waals surface area contributed by atoms with Crippen LogP contribution in [-0.4, -0.2) is 41.5 Å². The molecule has 1 aromatic rings. The van der Waals surface area contributed by atoms with Crippen molar-refractivity contribution in [2.75, 3.05) is 24.7 Å². The van der Waals surface area contributed by atoms with Crippen LogP contribution in [0.2, 0.25) is 5.15 Å². The van der Waals surface area contributed by atoms with E-state index in [1.165, 1.54) is 7.11 Å². The molecule has 0 radical (unpaired) electrons. The molecule has 0 unspecified atom stereocenters. The van der Waals surface area contributed by atoms with E-state index in [9.17, 15) is 9.59 Å². The molecule has 0 aliphatic rings. The standard InChI is InChI=1S/C9H12ClN7O3/c1-20-3(18)2-14-7-5(10)15-4(6(11)16-7)8(19)17-9(12)13/h2H2,1H3,(H3,11,14,16)(H4,12,13,17,19). The van der Waals surface area contributed by atoms with Crippen LogP contribution in [-0.2, 0) is 9.53 Å². The van der Waals surface area contributed by atoms with Crippen molar-refractivity contribution in [1.29, 1.82) is 0 Å². The summed E-state index contributed by atoms with van der Waals surface area (Å²) in [6, 6.07) is 0. The summed E-state index contributed by atoms with van der Waals surface area (Å²) in [7, 11) is 1.22. The SMILES string of the molecule is COC(=O)CNc1nc(N)c(C(=O)N=C(N)N)nc1Cl. The van der Waals surface area contributed by atoms with Gasteiger partial charge in [0.05, 0.1) is 7.11 Å². The first-order valence-electron chi connectivity index (χ1n) is 5.12. The van der Waals surface area contributed by atoms with E-state index in [-0.39, 0.29) is 29.0 Å². The van der Waals surface area contributed by atoms with Crippen molar-refractivity contribution in [2.45, 2.75) is 0 Å². The molecule has 1 aromatic heterocycles. The lowest BCUT2D eigenvalue weighted by Crippen LogP contribution is -2.25. The zero-order valence-corrected chi connectivity index (χ0v) is 11.1. The number of hydrogen-bond donors (Lipinski definition) is 4. The predicted octanol–water partition coefficient (Wildman–Crippen LogP) is -1.29. The molecule has 0 saturated heterocycles. The van der Waals surface area contributed by atoms with Gasteiger partial charge in [0, 0.05) is 0 Å². The number of carbonyl (C=O) groups is 2. The first-order valence-corrected chi connectivity index (χ1v) is 5.50. The highest BCUT2D eigenvalue weighted by molar-refractivity contribution is 6.32. The number of nitrogens with two attached hydrogens (primary N) is 3. The van der Waals surface area contributed by atoms with Gasteiger partial charge >= 0.3 is 11.9 Å². The fourth-order valence-electron chi connectivity index (χ4n) is 1.10. The zero-order valence-electron chi connectivity index (χ0n) is 10.4. The second-order valence-corrected chi connectivity index (χ2v) is 3.73. The fourth-order valence-corrected chi connectivity index (χ4v) is 1.29. The zero-order chi connectivity index (χ0) is 15.3. The third kappa shape index (κ3) is 3.95. The Morgan fingerprint density at radius 2 is 2.05 bits per heavy atom. The molecular weight excluding hydrogens is 290 g/mol. The molecule has 0 aliphatic heterocycles. The van der Waals surface area contributed by atoms with Crippen LogP contribution in [0.1, 0.15) is 10.5 Å². The van der Waals surface area contributed by atoms with Crippen molar-refractivity contribution in [1.82, 2.24) is 9.97 Å². The number of nitrogens with one attached hydrogen (secondary N) is 1. The van der Waals surface area contributed by atoms with E-state index < -0.39 is 17.8 Å². The second kappa shape index (κ2) is 6.52. The number of guanidine groups is 1. The molecule has 20 heavy (non-hydrogen) atoms. The Morgan fingerprint density at radius 1 is 1.40 bits per heavy atom. The molecule has 0 aromatic carbocycles. The molecule has 11 heteroatoms. The van der Waals surface area contributed by atoms with Crippen molar-refractivity contribution in [2.24, 2.45) is 16.5 Å². The van der Waals surface area contributed by atoms with Crippen molar-refractivity contribution in [3.63, 3.8) is 0 Å². The van der Waals surface area contributed by atoms with Gasteiger partial charge < -0.3 is 27.3 Å². The Kier molecular flexibility index (Phi) is 5.03. The minimum Gasteiger partial charge on any atom is -0.468 e. The molecule has 1 rings (SSSR count). The molecule has 0 spiro atoms. The number of carbonyl (C=O) groups excluding carboxylic acids is 2. The van der Waals surface area contributed by atoms with E-state index in [1.807, 2.05) is 0 Å². The van der Waals surface area contributed by atoms with Gasteiger partial charge in [0.2, 0.25) is 0 Å². The number of esters is 1. The number of amides is 1. The maximum atomic E-state index is 11.6. The van der Waals surface area contributed by atoms with E-state index >= 15 is 0 Å². The van der Waals surface area contributed by atoms with E-state index in [0.717, 1.165) is 0 Å². The smallest absolute Gasteiger partial charge is 0.325 e. The third-order valence-electron chi connectivity index (χ3n) is 1.94. The number of nitrogen functional groups attached to an aromatic ring is 1. The quantitative estimate of drug-likeness (QED) is 0.300. The van der Waals surface area contributed by atoms with Gasteiger partial charge in [-0.15, -0.1) is 0 Å². The summed E-state index contributed by atoms with van der Waals surface area (Å²) in [5, 5.41) is 2.39. The maximum Gasteiger partial charge on any atom is 0.325 e. The lowest BCUT2D eigenvalue weighted by Gasteiger charge is -2.08. The molecule has 108 valence electrons. The molecule has 1 heterocycles. The van der Waals surface area contributed by atoms with Crippen LogP contribution in [0.4, 0.5) is 11.6 Å². The van der Waals surface area contributed by atoms with Crippen molar-refractivity contribution >= 4 is 41.1 Å². The molecule has 0 bridgehead atoms. The van der Waals surface area contributed by atoms with Crippen LogP contribution in [0.3, 0.4) is 0 Å². The van der Waals surface area contributed by atoms with E-state index in [1.54, 1.807) is 0 Å². The lowest BCUT2D eigenvalue weighted by molar-refractivity contribution is -0.138. The fraction of sp³-hybridized carbons (Fsp3) is 0.222. The average Bonchev–Trinajstić information content (AvgIpc) is 2.37. The Bertz CT molecular complexity index is 571. The van der Waals surface area contributed by atoms with Gasteiger partial charge in [-0.2, -0.15) is 4.99 Å². The monoisotopic (exact) mass is 301 g/mol. The Hall–Kier alpha value is -2.62. The second-order valence-electron chi connectivity index (χ2n) is 3.37. The van der Waals surface area contributed by atoms with Gasteiger partial charge in [-0.25, -0.2) is 9.97 Å². The summed E-state index contributed by atoms with van der Waals surface area (Å²) in [5.74, 6) is -2.08. The van der Waals surface area contributed by atoms with E-state index in [4.69, 9.17) is 28.8 Å². The number of anilines is 2. The molecule has 0 fully saturated rings. The van der Waals surface area contributed by atoms with E-state index in [0.29, 0.717) is 0 Å². The molecule has 0 aliphatic carbocycles. The Labute approximate surface area is 118 Å². The third-order valence-corrected chi connectivity index (χ3v) is 2.20. The summed E-state index contributed by atoms with van der Waals surface area (Å²) >= 11 is 5.80. The molecule has 0 saturated carbocycles. The molecular formula is C9H12ClN7O3. The van der Waals surface area contributed by atoms with Crippen LogP contribution in [0.25, 0.3) is 0 Å². The topological polar surface area (TPSA) is 172 Å². The van der Waals surface area contributed by atoms with Gasteiger partial charge in [0.1, 0.15) is 6.54 Å². The number of rotatable bonds is 4. The van der Waals surface area contributed by atoms with Gasteiger partial charge in [-0.1, -0.05) is 11.6 Å². The first-order chi connectivity index (χ1) is 9.35. The van der Waals surface area contributed by atoms with Crippen molar-refractivity contribution < 1.29 is 14.3 Å². The van der Waals surface area contributed by atoms with Crippen LogP contribution >= 0.6 is 11.6 Å². The summed E-state index contributed by atoms with van der Waals surface area (Å²) in [4.78, 5) is 33.3. The van der Waals surface area contributed by atoms with Gasteiger partial charge in [0.15, 0.2) is 28.4 Å². The minimum absolute atomic E-state index is 0.0239. The molecule has 1 amide bonds. The highest BCUT2D eigenvalue weighted by Crippen LogP contribution is 2.20. The number of aromatic nitrogens is 2. The number of halogens is 1. The molecule has 0 atom stereocenters. The highest BCUT2D eigenvalue weighted by Gasteiger charge is 2.17. The lowest BCUT2D eigenvalue weighted by atomic mass is 10.4. The first kappa shape index (κ1) is 15.4. The van der Waals surface area contributed by atoms with Gasteiger partial charge in [-0.05, 0) is 0 Å². The van der Waals surface area contributed by atoms with Gasteiger partial charge in [0.25, 0.3) is 0 Å². The van der Waals surface area contributed by atoms with Crippen LogP contribution in [0.15, 0.2) is 4.99 Å². The van der Waals surface area contributed by atoms with Crippen molar-refractivity contribution in [3.05, 3.63) is 10.8 Å². The summed E-state index contributed by atoms with van der Waals surface area (Å²) in [6.07, 6.45) is 0. The van der Waals surface area contributed by atoms with Crippen molar-refractivity contribution in [3.8, 4) is 0 Å². The number of aliphatic imine (C=N–C) groups is 1. The largest absolute Gasteiger partial charge is 0.468 e. The molecule has 7 N–H and O–H groups in total. The molecule has 10 nitrogen and oxygen atoms in total. The number of methoxy groups -OCH3 is 1. The van der Waals surface area contributed by atoms with E-state index in [2.05, 4.69) is 25.0 Å². The maximum absolute atomic E-state index is 11.6. The van der Waals surface area contributed by atoms with Crippen LogP contribution in [0, 0.1) is 0 Å². The Morgan fingerprint density at radius 3 is 2.60 bits per heavy atom. The number of ether oxygens (including phenoxy) is 1. The van der Waals surface area contributed by atoms with Crippen LogP contribution < -0.4 is 22.5 Å². The highest BCUT2D eigenvalue weighted by atomic mass is 35.5. The van der Waals surface area contributed by atoms with Gasteiger partial charge in [-0.3, -0.25) is 9.59 Å². The number of nitrogens with zero attached hydrogens (tertiary/aromatic N) is 3. The normalized spacial score (nSPS) is 9.70. The number of hydrogen-bond acceptors (Lipinski definition) is 7.